The summed E-state index contributed by atoms with van der Waals surface area (Å²) in [6.07, 6.45) is -2.67. The molecule has 0 bridgehead atoms. The van der Waals surface area contributed by atoms with Crippen LogP contribution in [0.15, 0.2) is 6.07 Å². The zero-order valence-corrected chi connectivity index (χ0v) is 13.3. The quantitative estimate of drug-likeness (QED) is 0.404. The average Bonchev–Trinajstić information content (AvgIpc) is 2.31. The Morgan fingerprint density at radius 2 is 2.28 bits per heavy atom. The number of pyridine rings is 1. The molecule has 0 amide bonds. The number of hydrogen-bond donors (Lipinski definition) is 0. The Kier molecular flexibility index (Phi) is 6.40. The van der Waals surface area contributed by atoms with Gasteiger partial charge in [0.2, 0.25) is 0 Å². The highest BCUT2D eigenvalue weighted by Crippen LogP contribution is 2.25. The van der Waals surface area contributed by atoms with Gasteiger partial charge in [0, 0.05) is 8.90 Å². The van der Waals surface area contributed by atoms with Crippen molar-refractivity contribution in [3.05, 3.63) is 26.6 Å². The van der Waals surface area contributed by atoms with E-state index in [4.69, 9.17) is 4.74 Å². The Bertz CT molecular complexity index is 443. The van der Waals surface area contributed by atoms with E-state index in [1.807, 2.05) is 22.6 Å². The van der Waals surface area contributed by atoms with Crippen LogP contribution in [0.3, 0.4) is 0 Å². The number of carbonyl (C=O) groups is 1. The highest BCUT2D eigenvalue weighted by molar-refractivity contribution is 14.1. The minimum atomic E-state index is -2.65. The molecule has 0 fully saturated rings. The van der Waals surface area contributed by atoms with Crippen LogP contribution in [0.5, 0.6) is 0 Å². The largest absolute Gasteiger partial charge is 0.466 e. The highest BCUT2D eigenvalue weighted by Gasteiger charge is 2.17. The van der Waals surface area contributed by atoms with Crippen LogP contribution in [0.2, 0.25) is 0 Å². The third kappa shape index (κ3) is 4.11. The topological polar surface area (TPSA) is 39.2 Å². The lowest BCUT2D eigenvalue weighted by molar-refractivity contribution is -0.142. The molecule has 0 saturated carbocycles. The minimum absolute atomic E-state index is 0.0195. The van der Waals surface area contributed by atoms with Crippen molar-refractivity contribution >= 4 is 44.5 Å². The number of hydrogen-bond acceptors (Lipinski definition) is 3. The summed E-state index contributed by atoms with van der Waals surface area (Å²) in [5.74, 6) is -0.428. The van der Waals surface area contributed by atoms with Crippen LogP contribution in [0.1, 0.15) is 30.3 Å². The van der Waals surface area contributed by atoms with Crippen LogP contribution in [-0.2, 0) is 21.3 Å². The first kappa shape index (κ1) is 15.7. The fraction of sp³-hybridized carbons (Fsp3) is 0.455. The van der Waals surface area contributed by atoms with Crippen molar-refractivity contribution in [1.29, 1.82) is 0 Å². The Morgan fingerprint density at radius 3 is 2.78 bits per heavy atom. The summed E-state index contributed by atoms with van der Waals surface area (Å²) in [7, 11) is 0. The van der Waals surface area contributed by atoms with Crippen molar-refractivity contribution in [3.8, 4) is 0 Å². The number of esters is 1. The number of ether oxygens (including phenoxy) is 1. The standard InChI is InChI=1S/C11H11BrF2INO2/c1-2-18-9(17)4-6-3-7(11(13)14)16-8(5-12)10(6)15/h3,11H,2,4-5H2,1H3. The molecule has 1 rings (SSSR count). The summed E-state index contributed by atoms with van der Waals surface area (Å²) in [6, 6.07) is 1.26. The van der Waals surface area contributed by atoms with Crippen molar-refractivity contribution in [2.45, 2.75) is 25.1 Å². The van der Waals surface area contributed by atoms with E-state index in [0.29, 0.717) is 20.2 Å². The molecule has 0 saturated heterocycles. The minimum Gasteiger partial charge on any atom is -0.466 e. The second kappa shape index (κ2) is 7.32. The molecule has 0 aliphatic carbocycles. The molecule has 7 heteroatoms. The van der Waals surface area contributed by atoms with Crippen LogP contribution in [-0.4, -0.2) is 17.6 Å². The Balaban J connectivity index is 3.08. The molecule has 0 radical (unpaired) electrons. The number of halogens is 4. The van der Waals surface area contributed by atoms with Gasteiger partial charge in [-0.15, -0.1) is 0 Å². The molecule has 0 aromatic carbocycles. The van der Waals surface area contributed by atoms with Crippen molar-refractivity contribution in [3.63, 3.8) is 0 Å². The lowest BCUT2D eigenvalue weighted by Gasteiger charge is -2.10. The van der Waals surface area contributed by atoms with Gasteiger partial charge >= 0.3 is 5.97 Å². The first-order valence-corrected chi connectivity index (χ1v) is 7.37. The van der Waals surface area contributed by atoms with Gasteiger partial charge in [-0.05, 0) is 41.1 Å². The fourth-order valence-electron chi connectivity index (χ4n) is 1.36. The molecule has 0 aliphatic rings. The molecule has 0 N–H and O–H groups in total. The molecule has 1 aromatic rings. The third-order valence-electron chi connectivity index (χ3n) is 2.11. The highest BCUT2D eigenvalue weighted by atomic mass is 127. The number of rotatable bonds is 5. The number of aromatic nitrogens is 1. The van der Waals surface area contributed by atoms with Crippen LogP contribution in [0.4, 0.5) is 8.78 Å². The van der Waals surface area contributed by atoms with E-state index in [2.05, 4.69) is 20.9 Å². The number of nitrogens with zero attached hydrogens (tertiary/aromatic N) is 1. The zero-order valence-electron chi connectivity index (χ0n) is 9.55. The average molecular weight is 434 g/mol. The molecule has 0 aliphatic heterocycles. The second-order valence-electron chi connectivity index (χ2n) is 3.38. The molecule has 0 unspecified atom stereocenters. The van der Waals surface area contributed by atoms with Crippen LogP contribution in [0, 0.1) is 3.57 Å². The molecule has 3 nitrogen and oxygen atoms in total. The van der Waals surface area contributed by atoms with Gasteiger partial charge in [0.25, 0.3) is 6.43 Å². The first-order chi connectivity index (χ1) is 8.49. The molecule has 1 aromatic heterocycles. The van der Waals surface area contributed by atoms with Gasteiger partial charge < -0.3 is 4.74 Å². The van der Waals surface area contributed by atoms with Gasteiger partial charge in [-0.2, -0.15) is 0 Å². The third-order valence-corrected chi connectivity index (χ3v) is 3.96. The summed E-state index contributed by atoms with van der Waals surface area (Å²) < 4.78 is 30.9. The van der Waals surface area contributed by atoms with E-state index >= 15 is 0 Å². The maximum absolute atomic E-state index is 12.7. The molecule has 0 spiro atoms. The molecular weight excluding hydrogens is 423 g/mol. The van der Waals surface area contributed by atoms with Crippen molar-refractivity contribution in [2.24, 2.45) is 0 Å². The van der Waals surface area contributed by atoms with Crippen molar-refractivity contribution < 1.29 is 18.3 Å². The summed E-state index contributed by atoms with van der Waals surface area (Å²) >= 11 is 5.19. The maximum Gasteiger partial charge on any atom is 0.310 e. The van der Waals surface area contributed by atoms with Gasteiger partial charge in [0.05, 0.1) is 18.7 Å². The Hall–Kier alpha value is -0.310. The van der Waals surface area contributed by atoms with Gasteiger partial charge in [-0.3, -0.25) is 4.79 Å². The molecule has 100 valence electrons. The number of carbonyl (C=O) groups excluding carboxylic acids is 1. The summed E-state index contributed by atoms with van der Waals surface area (Å²) in [4.78, 5) is 15.2. The normalized spacial score (nSPS) is 10.8. The maximum atomic E-state index is 12.7. The van der Waals surface area contributed by atoms with Crippen LogP contribution >= 0.6 is 38.5 Å². The summed E-state index contributed by atoms with van der Waals surface area (Å²) in [6.45, 7) is 1.97. The monoisotopic (exact) mass is 433 g/mol. The summed E-state index contributed by atoms with van der Waals surface area (Å²) in [5, 5.41) is 0.363. The van der Waals surface area contributed by atoms with Crippen LogP contribution < -0.4 is 0 Å². The SMILES string of the molecule is CCOC(=O)Cc1cc(C(F)F)nc(CBr)c1I. The predicted octanol–water partition coefficient (Wildman–Crippen LogP) is 3.62. The summed E-state index contributed by atoms with van der Waals surface area (Å²) in [5.41, 5.74) is 0.714. The Labute approximate surface area is 126 Å². The van der Waals surface area contributed by atoms with E-state index < -0.39 is 12.4 Å². The van der Waals surface area contributed by atoms with Crippen molar-refractivity contribution in [1.82, 2.24) is 4.98 Å². The van der Waals surface area contributed by atoms with Gasteiger partial charge in [0.1, 0.15) is 5.69 Å². The molecule has 1 heterocycles. The fourth-order valence-corrected chi connectivity index (χ4v) is 2.95. The van der Waals surface area contributed by atoms with E-state index in [-0.39, 0.29) is 18.7 Å². The van der Waals surface area contributed by atoms with Gasteiger partial charge in [-0.1, -0.05) is 15.9 Å². The van der Waals surface area contributed by atoms with E-state index in [9.17, 15) is 13.6 Å². The molecule has 18 heavy (non-hydrogen) atoms. The smallest absolute Gasteiger partial charge is 0.310 e. The van der Waals surface area contributed by atoms with E-state index in [1.54, 1.807) is 6.92 Å². The lowest BCUT2D eigenvalue weighted by atomic mass is 10.1. The predicted molar refractivity (Wildman–Crippen MR) is 74.9 cm³/mol. The second-order valence-corrected chi connectivity index (χ2v) is 5.02. The lowest BCUT2D eigenvalue weighted by Crippen LogP contribution is -2.11. The van der Waals surface area contributed by atoms with Gasteiger partial charge in [0.15, 0.2) is 0 Å². The van der Waals surface area contributed by atoms with Crippen molar-refractivity contribution in [2.75, 3.05) is 6.61 Å². The van der Waals surface area contributed by atoms with E-state index in [1.165, 1.54) is 6.07 Å². The van der Waals surface area contributed by atoms with Crippen LogP contribution in [0.25, 0.3) is 0 Å². The number of alkyl halides is 3. The van der Waals surface area contributed by atoms with Gasteiger partial charge in [-0.25, -0.2) is 13.8 Å². The zero-order chi connectivity index (χ0) is 13.7. The molecular formula is C11H11BrF2INO2. The van der Waals surface area contributed by atoms with E-state index in [0.717, 1.165) is 0 Å². The first-order valence-electron chi connectivity index (χ1n) is 5.17. The molecule has 0 atom stereocenters. The Morgan fingerprint density at radius 1 is 1.61 bits per heavy atom.